The van der Waals surface area contributed by atoms with Gasteiger partial charge in [-0.15, -0.1) is 0 Å². The molecule has 2 rings (SSSR count). The topological polar surface area (TPSA) is 55.8 Å². The molecule has 1 aliphatic carbocycles. The SMILES string of the molecule is CC(C)(C)N1CCN(C2CCC(C(=O)NCCO)CC2)CC1. The minimum Gasteiger partial charge on any atom is -0.395 e. The number of aliphatic hydroxyl groups excluding tert-OH is 1. The van der Waals surface area contributed by atoms with Crippen molar-refractivity contribution in [2.24, 2.45) is 5.92 Å². The van der Waals surface area contributed by atoms with Crippen molar-refractivity contribution in [3.05, 3.63) is 0 Å². The second-order valence-corrected chi connectivity index (χ2v) is 7.71. The number of aliphatic hydroxyl groups is 1. The molecule has 1 amide bonds. The fraction of sp³-hybridized carbons (Fsp3) is 0.941. The van der Waals surface area contributed by atoms with E-state index in [-0.39, 0.29) is 24.0 Å². The van der Waals surface area contributed by atoms with Crippen LogP contribution >= 0.6 is 0 Å². The van der Waals surface area contributed by atoms with Crippen molar-refractivity contribution in [2.75, 3.05) is 39.3 Å². The van der Waals surface area contributed by atoms with Crippen molar-refractivity contribution in [1.82, 2.24) is 15.1 Å². The van der Waals surface area contributed by atoms with E-state index in [9.17, 15) is 4.79 Å². The maximum Gasteiger partial charge on any atom is 0.223 e. The summed E-state index contributed by atoms with van der Waals surface area (Å²) < 4.78 is 0. The van der Waals surface area contributed by atoms with Gasteiger partial charge in [0, 0.05) is 50.2 Å². The molecule has 22 heavy (non-hydrogen) atoms. The normalized spacial score (nSPS) is 28.5. The molecule has 0 radical (unpaired) electrons. The maximum atomic E-state index is 12.0. The Morgan fingerprint density at radius 2 is 1.68 bits per heavy atom. The summed E-state index contributed by atoms with van der Waals surface area (Å²) in [5, 5.41) is 11.6. The first-order chi connectivity index (χ1) is 10.4. The highest BCUT2D eigenvalue weighted by molar-refractivity contribution is 5.78. The van der Waals surface area contributed by atoms with Gasteiger partial charge in [0.05, 0.1) is 6.61 Å². The largest absolute Gasteiger partial charge is 0.395 e. The molecular formula is C17H33N3O2. The van der Waals surface area contributed by atoms with Crippen LogP contribution in [-0.4, -0.2) is 71.7 Å². The van der Waals surface area contributed by atoms with Crippen LogP contribution in [0.25, 0.3) is 0 Å². The van der Waals surface area contributed by atoms with Gasteiger partial charge in [0.1, 0.15) is 0 Å². The van der Waals surface area contributed by atoms with Crippen LogP contribution in [0.4, 0.5) is 0 Å². The molecule has 0 spiro atoms. The lowest BCUT2D eigenvalue weighted by atomic mass is 9.84. The number of hydrogen-bond acceptors (Lipinski definition) is 4. The van der Waals surface area contributed by atoms with Crippen molar-refractivity contribution in [2.45, 2.75) is 58.0 Å². The first-order valence-electron chi connectivity index (χ1n) is 8.79. The fourth-order valence-corrected chi connectivity index (χ4v) is 3.78. The summed E-state index contributed by atoms with van der Waals surface area (Å²) in [5.74, 6) is 0.281. The van der Waals surface area contributed by atoms with Gasteiger partial charge in [-0.2, -0.15) is 0 Å². The molecule has 1 heterocycles. The van der Waals surface area contributed by atoms with E-state index in [1.54, 1.807) is 0 Å². The first-order valence-corrected chi connectivity index (χ1v) is 8.79. The maximum absolute atomic E-state index is 12.0. The Bertz CT molecular complexity index is 351. The van der Waals surface area contributed by atoms with Crippen molar-refractivity contribution in [3.63, 3.8) is 0 Å². The van der Waals surface area contributed by atoms with Gasteiger partial charge in [-0.05, 0) is 46.5 Å². The van der Waals surface area contributed by atoms with Crippen molar-refractivity contribution in [3.8, 4) is 0 Å². The van der Waals surface area contributed by atoms with Gasteiger partial charge in [0.25, 0.3) is 0 Å². The predicted molar refractivity (Wildman–Crippen MR) is 88.7 cm³/mol. The first kappa shape index (κ1) is 17.7. The van der Waals surface area contributed by atoms with Gasteiger partial charge < -0.3 is 10.4 Å². The van der Waals surface area contributed by atoms with Crippen molar-refractivity contribution < 1.29 is 9.90 Å². The Morgan fingerprint density at radius 3 is 2.18 bits per heavy atom. The van der Waals surface area contributed by atoms with E-state index in [1.807, 2.05) is 0 Å². The van der Waals surface area contributed by atoms with Crippen LogP contribution in [0, 0.1) is 5.92 Å². The second kappa shape index (κ2) is 7.75. The third kappa shape index (κ3) is 4.67. The number of carbonyl (C=O) groups excluding carboxylic acids is 1. The Balaban J connectivity index is 1.73. The zero-order chi connectivity index (χ0) is 16.2. The Labute approximate surface area is 135 Å². The summed E-state index contributed by atoms with van der Waals surface area (Å²) >= 11 is 0. The molecule has 0 atom stereocenters. The van der Waals surface area contributed by atoms with E-state index in [2.05, 4.69) is 35.9 Å². The van der Waals surface area contributed by atoms with Crippen LogP contribution in [-0.2, 0) is 4.79 Å². The lowest BCUT2D eigenvalue weighted by Crippen LogP contribution is -2.56. The lowest BCUT2D eigenvalue weighted by molar-refractivity contribution is -0.126. The summed E-state index contributed by atoms with van der Waals surface area (Å²) in [7, 11) is 0. The van der Waals surface area contributed by atoms with Gasteiger partial charge in [-0.25, -0.2) is 0 Å². The number of piperazine rings is 1. The minimum absolute atomic E-state index is 0.0269. The summed E-state index contributed by atoms with van der Waals surface area (Å²) in [5.41, 5.74) is 0.272. The van der Waals surface area contributed by atoms with Crippen LogP contribution in [0.15, 0.2) is 0 Å². The average molecular weight is 311 g/mol. The monoisotopic (exact) mass is 311 g/mol. The van der Waals surface area contributed by atoms with Crippen LogP contribution in [0.5, 0.6) is 0 Å². The third-order valence-electron chi connectivity index (χ3n) is 5.26. The van der Waals surface area contributed by atoms with E-state index in [0.29, 0.717) is 12.6 Å². The van der Waals surface area contributed by atoms with Gasteiger partial charge in [0.2, 0.25) is 5.91 Å². The van der Waals surface area contributed by atoms with Crippen LogP contribution in [0.3, 0.4) is 0 Å². The highest BCUT2D eigenvalue weighted by atomic mass is 16.3. The molecule has 2 N–H and O–H groups in total. The number of carbonyl (C=O) groups is 1. The van der Waals surface area contributed by atoms with Crippen LogP contribution in [0.2, 0.25) is 0 Å². The van der Waals surface area contributed by atoms with Crippen molar-refractivity contribution in [1.29, 1.82) is 0 Å². The molecule has 0 aromatic rings. The molecule has 2 fully saturated rings. The standard InChI is InChI=1S/C17H33N3O2/c1-17(2,3)20-11-9-19(10-12-20)15-6-4-14(5-7-15)16(22)18-8-13-21/h14-15,21H,4-13H2,1-3H3,(H,18,22). The number of hydrogen-bond donors (Lipinski definition) is 2. The molecule has 0 aromatic carbocycles. The summed E-state index contributed by atoms with van der Waals surface area (Å²) in [6.07, 6.45) is 4.24. The van der Waals surface area contributed by atoms with E-state index < -0.39 is 0 Å². The van der Waals surface area contributed by atoms with E-state index in [0.717, 1.165) is 51.9 Å². The van der Waals surface area contributed by atoms with Gasteiger partial charge in [-0.1, -0.05) is 0 Å². The Hall–Kier alpha value is -0.650. The molecular weight excluding hydrogens is 278 g/mol. The Kier molecular flexibility index (Phi) is 6.24. The predicted octanol–water partition coefficient (Wildman–Crippen LogP) is 1.07. The smallest absolute Gasteiger partial charge is 0.223 e. The number of rotatable bonds is 4. The molecule has 0 unspecified atom stereocenters. The lowest BCUT2D eigenvalue weighted by Gasteiger charge is -2.45. The average Bonchev–Trinajstić information content (AvgIpc) is 2.52. The Morgan fingerprint density at radius 1 is 1.09 bits per heavy atom. The summed E-state index contributed by atoms with van der Waals surface area (Å²) in [6.45, 7) is 11.9. The molecule has 0 bridgehead atoms. The number of nitrogens with zero attached hydrogens (tertiary/aromatic N) is 2. The molecule has 1 saturated carbocycles. The van der Waals surface area contributed by atoms with E-state index in [4.69, 9.17) is 5.11 Å². The van der Waals surface area contributed by atoms with Gasteiger partial charge in [-0.3, -0.25) is 14.6 Å². The summed E-state index contributed by atoms with van der Waals surface area (Å²) in [4.78, 5) is 17.1. The molecule has 1 saturated heterocycles. The third-order valence-corrected chi connectivity index (χ3v) is 5.26. The number of nitrogens with one attached hydrogen (secondary N) is 1. The van der Waals surface area contributed by atoms with Crippen LogP contribution in [0.1, 0.15) is 46.5 Å². The van der Waals surface area contributed by atoms with Gasteiger partial charge >= 0.3 is 0 Å². The van der Waals surface area contributed by atoms with Crippen LogP contribution < -0.4 is 5.32 Å². The highest BCUT2D eigenvalue weighted by Crippen LogP contribution is 2.29. The quantitative estimate of drug-likeness (QED) is 0.815. The van der Waals surface area contributed by atoms with E-state index in [1.165, 1.54) is 0 Å². The molecule has 2 aliphatic rings. The molecule has 1 aliphatic heterocycles. The highest BCUT2D eigenvalue weighted by Gasteiger charge is 2.32. The van der Waals surface area contributed by atoms with E-state index >= 15 is 0 Å². The number of amides is 1. The molecule has 5 nitrogen and oxygen atoms in total. The summed E-state index contributed by atoms with van der Waals surface area (Å²) in [6, 6.07) is 0.656. The second-order valence-electron chi connectivity index (χ2n) is 7.71. The minimum atomic E-state index is 0.0269. The molecule has 5 heteroatoms. The zero-order valence-corrected chi connectivity index (χ0v) is 14.5. The molecule has 0 aromatic heterocycles. The molecule has 128 valence electrons. The zero-order valence-electron chi connectivity index (χ0n) is 14.5. The van der Waals surface area contributed by atoms with Crippen molar-refractivity contribution >= 4 is 5.91 Å². The van der Waals surface area contributed by atoms with Gasteiger partial charge in [0.15, 0.2) is 0 Å². The fourth-order valence-electron chi connectivity index (χ4n) is 3.78.